The molecule has 1 aromatic rings. The Hall–Kier alpha value is -1.96. The van der Waals surface area contributed by atoms with Crippen LogP contribution in [0.4, 0.5) is 0 Å². The normalized spacial score (nSPS) is 24.8. The quantitative estimate of drug-likeness (QED) is 0.794. The third-order valence-corrected chi connectivity index (χ3v) is 5.04. The van der Waals surface area contributed by atoms with Gasteiger partial charge in [-0.2, -0.15) is 0 Å². The summed E-state index contributed by atoms with van der Waals surface area (Å²) >= 11 is 0. The van der Waals surface area contributed by atoms with Crippen LogP contribution in [0.25, 0.3) is 0 Å². The lowest BCUT2D eigenvalue weighted by Gasteiger charge is -2.27. The summed E-state index contributed by atoms with van der Waals surface area (Å²) in [6.07, 6.45) is 5.09. The summed E-state index contributed by atoms with van der Waals surface area (Å²) in [4.78, 5) is 26.3. The summed E-state index contributed by atoms with van der Waals surface area (Å²) in [5.74, 6) is 2.50. The molecule has 0 unspecified atom stereocenters. The van der Waals surface area contributed by atoms with Crippen LogP contribution >= 0.6 is 0 Å². The van der Waals surface area contributed by atoms with Gasteiger partial charge < -0.3 is 15.2 Å². The molecule has 0 radical (unpaired) electrons. The minimum absolute atomic E-state index is 0.0617. The van der Waals surface area contributed by atoms with Gasteiger partial charge in [0.25, 0.3) is 0 Å². The number of amides is 2. The van der Waals surface area contributed by atoms with E-state index in [9.17, 15) is 9.59 Å². The van der Waals surface area contributed by atoms with Crippen LogP contribution in [0.5, 0.6) is 0 Å². The number of nitrogens with zero attached hydrogens (tertiary/aromatic N) is 4. The third kappa shape index (κ3) is 3.28. The summed E-state index contributed by atoms with van der Waals surface area (Å²) in [5.41, 5.74) is 0. The van der Waals surface area contributed by atoms with Gasteiger partial charge in [0.05, 0.1) is 13.1 Å². The average molecular weight is 332 g/mol. The van der Waals surface area contributed by atoms with Crippen molar-refractivity contribution in [2.45, 2.75) is 57.2 Å². The van der Waals surface area contributed by atoms with E-state index in [1.54, 1.807) is 0 Å². The van der Waals surface area contributed by atoms with E-state index in [-0.39, 0.29) is 11.8 Å². The molecule has 8 nitrogen and oxygen atoms in total. The van der Waals surface area contributed by atoms with Gasteiger partial charge in [0.1, 0.15) is 17.7 Å². The molecule has 2 fully saturated rings. The van der Waals surface area contributed by atoms with Crippen LogP contribution in [0, 0.1) is 0 Å². The number of rotatable bonds is 4. The lowest BCUT2D eigenvalue weighted by atomic mass is 10.1. The fourth-order valence-corrected chi connectivity index (χ4v) is 3.53. The zero-order valence-corrected chi connectivity index (χ0v) is 13.8. The summed E-state index contributed by atoms with van der Waals surface area (Å²) in [6, 6.07) is -0.394. The number of nitrogens with one attached hydrogen (secondary N) is 2. The molecule has 1 aromatic heterocycles. The Morgan fingerprint density at radius 1 is 1.21 bits per heavy atom. The third-order valence-electron chi connectivity index (χ3n) is 5.04. The first-order valence-corrected chi connectivity index (χ1v) is 8.92. The number of carbonyl (C=O) groups excluding carboxylic acids is 2. The van der Waals surface area contributed by atoms with Crippen molar-refractivity contribution in [3.05, 3.63) is 11.6 Å². The molecule has 0 aromatic carbocycles. The molecular formula is C16H24N6O2. The van der Waals surface area contributed by atoms with E-state index in [2.05, 4.69) is 30.3 Å². The highest BCUT2D eigenvalue weighted by Gasteiger charge is 2.32. The van der Waals surface area contributed by atoms with E-state index < -0.39 is 6.04 Å². The molecule has 0 bridgehead atoms. The van der Waals surface area contributed by atoms with Crippen molar-refractivity contribution in [3.63, 3.8) is 0 Å². The van der Waals surface area contributed by atoms with E-state index in [4.69, 9.17) is 0 Å². The molecular weight excluding hydrogens is 308 g/mol. The first kappa shape index (κ1) is 15.6. The fourth-order valence-electron chi connectivity index (χ4n) is 3.53. The molecule has 1 atom stereocenters. The van der Waals surface area contributed by atoms with Gasteiger partial charge in [-0.15, -0.1) is 10.2 Å². The summed E-state index contributed by atoms with van der Waals surface area (Å²) in [7, 11) is 0. The monoisotopic (exact) mass is 332 g/mol. The summed E-state index contributed by atoms with van der Waals surface area (Å²) < 4.78 is 2.21. The summed E-state index contributed by atoms with van der Waals surface area (Å²) in [6.45, 7) is 3.30. The van der Waals surface area contributed by atoms with Crippen LogP contribution in [-0.4, -0.2) is 57.2 Å². The largest absolute Gasteiger partial charge is 0.354 e. The zero-order chi connectivity index (χ0) is 16.5. The van der Waals surface area contributed by atoms with Crippen molar-refractivity contribution >= 4 is 11.8 Å². The molecule has 8 heteroatoms. The molecule has 1 saturated carbocycles. The second-order valence-corrected chi connectivity index (χ2v) is 7.02. The Kier molecular flexibility index (Phi) is 4.22. The second-order valence-electron chi connectivity index (χ2n) is 7.02. The van der Waals surface area contributed by atoms with Gasteiger partial charge in [-0.05, 0) is 32.1 Å². The van der Waals surface area contributed by atoms with Gasteiger partial charge in [0, 0.05) is 25.6 Å². The van der Waals surface area contributed by atoms with Crippen molar-refractivity contribution in [3.8, 4) is 0 Å². The molecule has 24 heavy (non-hydrogen) atoms. The van der Waals surface area contributed by atoms with Crippen molar-refractivity contribution in [2.24, 2.45) is 0 Å². The highest BCUT2D eigenvalue weighted by Crippen LogP contribution is 2.39. The van der Waals surface area contributed by atoms with Crippen LogP contribution in [0.2, 0.25) is 0 Å². The molecule has 3 aliphatic rings. The van der Waals surface area contributed by atoms with Crippen molar-refractivity contribution < 1.29 is 9.59 Å². The summed E-state index contributed by atoms with van der Waals surface area (Å²) in [5, 5.41) is 14.3. The average Bonchev–Trinajstić information content (AvgIpc) is 3.35. The van der Waals surface area contributed by atoms with Gasteiger partial charge in [0.15, 0.2) is 0 Å². The number of carbonyl (C=O) groups is 2. The number of fused-ring (bicyclic) bond motifs is 1. The first-order chi connectivity index (χ1) is 11.7. The Bertz CT molecular complexity index is 639. The van der Waals surface area contributed by atoms with Gasteiger partial charge in [-0.1, -0.05) is 0 Å². The van der Waals surface area contributed by atoms with Crippen LogP contribution < -0.4 is 10.6 Å². The maximum Gasteiger partial charge on any atom is 0.242 e. The Morgan fingerprint density at radius 2 is 2.08 bits per heavy atom. The molecule has 1 saturated heterocycles. The molecule has 2 aliphatic heterocycles. The van der Waals surface area contributed by atoms with E-state index >= 15 is 0 Å². The van der Waals surface area contributed by atoms with Crippen LogP contribution in [0.3, 0.4) is 0 Å². The second kappa shape index (κ2) is 6.51. The van der Waals surface area contributed by atoms with E-state index in [1.165, 1.54) is 12.8 Å². The van der Waals surface area contributed by atoms with Crippen molar-refractivity contribution in [1.29, 1.82) is 0 Å². The topological polar surface area (TPSA) is 92.2 Å². The van der Waals surface area contributed by atoms with Crippen molar-refractivity contribution in [1.82, 2.24) is 30.3 Å². The smallest absolute Gasteiger partial charge is 0.242 e. The lowest BCUT2D eigenvalue weighted by Crippen LogP contribution is -2.49. The SMILES string of the molecule is O=C(CN1CCn2c(nnc2C2CC2)C1)N[C@H]1CCCCNC1=O. The van der Waals surface area contributed by atoms with Crippen molar-refractivity contribution in [2.75, 3.05) is 19.6 Å². The van der Waals surface area contributed by atoms with E-state index in [0.717, 1.165) is 44.0 Å². The standard InChI is InChI=1S/C16H24N6O2/c23-14(18-12-3-1-2-6-17-16(12)24)10-21-7-8-22-13(9-21)19-20-15(22)11-4-5-11/h11-12H,1-10H2,(H,17,24)(H,18,23)/t12-/m0/s1. The first-order valence-electron chi connectivity index (χ1n) is 8.92. The number of aromatic nitrogens is 3. The van der Waals surface area contributed by atoms with Crippen LogP contribution in [0.1, 0.15) is 49.7 Å². The fraction of sp³-hybridized carbons (Fsp3) is 0.750. The van der Waals surface area contributed by atoms with Crippen LogP contribution in [0.15, 0.2) is 0 Å². The Balaban J connectivity index is 1.32. The van der Waals surface area contributed by atoms with E-state index in [0.29, 0.717) is 25.6 Å². The molecule has 3 heterocycles. The van der Waals surface area contributed by atoms with Gasteiger partial charge >= 0.3 is 0 Å². The maximum atomic E-state index is 12.3. The Labute approximate surface area is 141 Å². The van der Waals surface area contributed by atoms with Gasteiger partial charge in [-0.25, -0.2) is 0 Å². The zero-order valence-electron chi connectivity index (χ0n) is 13.8. The van der Waals surface area contributed by atoms with E-state index in [1.807, 2.05) is 0 Å². The highest BCUT2D eigenvalue weighted by atomic mass is 16.2. The maximum absolute atomic E-state index is 12.3. The molecule has 0 spiro atoms. The minimum atomic E-state index is -0.394. The number of hydrogen-bond donors (Lipinski definition) is 2. The predicted octanol–water partition coefficient (Wildman–Crippen LogP) is -0.244. The number of hydrogen-bond acceptors (Lipinski definition) is 5. The minimum Gasteiger partial charge on any atom is -0.354 e. The molecule has 1 aliphatic carbocycles. The van der Waals surface area contributed by atoms with Crippen LogP contribution in [-0.2, 0) is 22.7 Å². The molecule has 4 rings (SSSR count). The predicted molar refractivity (Wildman–Crippen MR) is 86.1 cm³/mol. The highest BCUT2D eigenvalue weighted by molar-refractivity contribution is 5.88. The van der Waals surface area contributed by atoms with Gasteiger partial charge in [-0.3, -0.25) is 14.5 Å². The Morgan fingerprint density at radius 3 is 2.92 bits per heavy atom. The van der Waals surface area contributed by atoms with Gasteiger partial charge in [0.2, 0.25) is 11.8 Å². The molecule has 2 amide bonds. The lowest BCUT2D eigenvalue weighted by molar-refractivity contribution is -0.129. The molecule has 130 valence electrons. The molecule has 2 N–H and O–H groups in total.